The first-order chi connectivity index (χ1) is 8.41. The van der Waals surface area contributed by atoms with Crippen LogP contribution in [0.4, 0.5) is 4.39 Å². The van der Waals surface area contributed by atoms with Crippen molar-refractivity contribution in [2.75, 3.05) is 0 Å². The third-order valence-electron chi connectivity index (χ3n) is 3.22. The Bertz CT molecular complexity index is 561. The summed E-state index contributed by atoms with van der Waals surface area (Å²) >= 11 is 6.12. The Balaban J connectivity index is 2.46. The van der Waals surface area contributed by atoms with Gasteiger partial charge >= 0.3 is 0 Å². The minimum absolute atomic E-state index is 0.267. The van der Waals surface area contributed by atoms with Crippen molar-refractivity contribution in [1.29, 1.82) is 0 Å². The van der Waals surface area contributed by atoms with Crippen LogP contribution in [0.2, 0.25) is 5.02 Å². The molecule has 0 fully saturated rings. The summed E-state index contributed by atoms with van der Waals surface area (Å²) in [6.45, 7) is 3.83. The van der Waals surface area contributed by atoms with Crippen molar-refractivity contribution < 1.29 is 4.39 Å². The topological polar surface area (TPSA) is 26.0 Å². The highest BCUT2D eigenvalue weighted by Gasteiger charge is 2.24. The van der Waals surface area contributed by atoms with Gasteiger partial charge in [0.05, 0.1) is 5.54 Å². The molecule has 0 heterocycles. The van der Waals surface area contributed by atoms with E-state index in [1.807, 2.05) is 32.0 Å². The van der Waals surface area contributed by atoms with Gasteiger partial charge in [-0.1, -0.05) is 35.9 Å². The molecule has 0 aliphatic carbocycles. The summed E-state index contributed by atoms with van der Waals surface area (Å²) in [6.07, 6.45) is 0. The predicted octanol–water partition coefficient (Wildman–Crippen LogP) is 4.01. The third-order valence-corrected chi connectivity index (χ3v) is 3.62. The maximum absolute atomic E-state index is 12.9. The van der Waals surface area contributed by atoms with Gasteiger partial charge in [0.15, 0.2) is 0 Å². The summed E-state index contributed by atoms with van der Waals surface area (Å²) in [4.78, 5) is 0. The zero-order valence-corrected chi connectivity index (χ0v) is 11.1. The van der Waals surface area contributed by atoms with E-state index in [9.17, 15) is 4.39 Å². The lowest BCUT2D eigenvalue weighted by molar-refractivity contribution is 0.593. The Labute approximate surface area is 111 Å². The van der Waals surface area contributed by atoms with Crippen molar-refractivity contribution in [1.82, 2.24) is 0 Å². The molecule has 94 valence electrons. The molecule has 0 spiro atoms. The standard InChI is InChI=1S/C15H15ClFN/c1-10-3-4-12(9-14(10)16)15(2,18)11-5-7-13(17)8-6-11/h3-9H,18H2,1-2H3. The summed E-state index contributed by atoms with van der Waals surface area (Å²) in [5.41, 5.74) is 8.43. The Morgan fingerprint density at radius 3 is 2.17 bits per heavy atom. The zero-order valence-electron chi connectivity index (χ0n) is 10.4. The molecular formula is C15H15ClFN. The minimum Gasteiger partial charge on any atom is -0.318 e. The largest absolute Gasteiger partial charge is 0.318 e. The van der Waals surface area contributed by atoms with Crippen molar-refractivity contribution in [3.8, 4) is 0 Å². The maximum atomic E-state index is 12.9. The summed E-state index contributed by atoms with van der Waals surface area (Å²) in [6, 6.07) is 12.0. The third kappa shape index (κ3) is 2.40. The Morgan fingerprint density at radius 1 is 1.06 bits per heavy atom. The van der Waals surface area contributed by atoms with Crippen molar-refractivity contribution in [2.45, 2.75) is 19.4 Å². The highest BCUT2D eigenvalue weighted by Crippen LogP contribution is 2.29. The molecule has 2 aromatic rings. The lowest BCUT2D eigenvalue weighted by Crippen LogP contribution is -2.34. The van der Waals surface area contributed by atoms with Crippen molar-refractivity contribution >= 4 is 11.6 Å². The average Bonchev–Trinajstić information content (AvgIpc) is 2.33. The Morgan fingerprint density at radius 2 is 1.61 bits per heavy atom. The molecule has 0 aliphatic rings. The van der Waals surface area contributed by atoms with Crippen LogP contribution in [0.3, 0.4) is 0 Å². The van der Waals surface area contributed by atoms with Gasteiger partial charge in [0.1, 0.15) is 5.82 Å². The monoisotopic (exact) mass is 263 g/mol. The molecule has 2 rings (SSSR count). The van der Waals surface area contributed by atoms with Gasteiger partial charge in [-0.15, -0.1) is 0 Å². The highest BCUT2D eigenvalue weighted by molar-refractivity contribution is 6.31. The number of nitrogens with two attached hydrogens (primary N) is 1. The first-order valence-electron chi connectivity index (χ1n) is 5.73. The van der Waals surface area contributed by atoms with Crippen LogP contribution in [-0.4, -0.2) is 0 Å². The van der Waals surface area contributed by atoms with Crippen molar-refractivity contribution in [3.63, 3.8) is 0 Å². The molecular weight excluding hydrogens is 249 g/mol. The van der Waals surface area contributed by atoms with Crippen LogP contribution in [0.25, 0.3) is 0 Å². The van der Waals surface area contributed by atoms with Gasteiger partial charge < -0.3 is 5.73 Å². The quantitative estimate of drug-likeness (QED) is 0.870. The van der Waals surface area contributed by atoms with E-state index in [0.717, 1.165) is 16.7 Å². The van der Waals surface area contributed by atoms with Crippen LogP contribution in [0.15, 0.2) is 42.5 Å². The van der Waals surface area contributed by atoms with Gasteiger partial charge in [-0.25, -0.2) is 4.39 Å². The molecule has 2 aromatic carbocycles. The molecule has 0 amide bonds. The molecule has 3 heteroatoms. The van der Waals surface area contributed by atoms with Gasteiger partial charge in [0.2, 0.25) is 0 Å². The molecule has 0 radical (unpaired) electrons. The minimum atomic E-state index is -0.689. The molecule has 0 aromatic heterocycles. The number of halogens is 2. The van der Waals surface area contributed by atoms with Gasteiger partial charge in [-0.2, -0.15) is 0 Å². The number of hydrogen-bond acceptors (Lipinski definition) is 1. The summed E-state index contributed by atoms with van der Waals surface area (Å²) in [5, 5.41) is 0.686. The van der Waals surface area contributed by atoms with E-state index in [1.54, 1.807) is 12.1 Å². The van der Waals surface area contributed by atoms with Crippen LogP contribution in [0.1, 0.15) is 23.6 Å². The predicted molar refractivity (Wildman–Crippen MR) is 73.2 cm³/mol. The molecule has 2 N–H and O–H groups in total. The molecule has 0 saturated heterocycles. The average molecular weight is 264 g/mol. The fourth-order valence-electron chi connectivity index (χ4n) is 1.88. The normalized spacial score (nSPS) is 14.3. The Hall–Kier alpha value is -1.38. The highest BCUT2D eigenvalue weighted by atomic mass is 35.5. The SMILES string of the molecule is Cc1ccc(C(C)(N)c2ccc(F)cc2)cc1Cl. The Kier molecular flexibility index (Phi) is 3.42. The fraction of sp³-hybridized carbons (Fsp3) is 0.200. The van der Waals surface area contributed by atoms with E-state index in [-0.39, 0.29) is 5.82 Å². The first kappa shape index (κ1) is 13.1. The van der Waals surface area contributed by atoms with Crippen LogP contribution < -0.4 is 5.73 Å². The maximum Gasteiger partial charge on any atom is 0.123 e. The second kappa shape index (κ2) is 4.71. The summed E-state index contributed by atoms with van der Waals surface area (Å²) in [5.74, 6) is -0.267. The molecule has 1 nitrogen and oxygen atoms in total. The first-order valence-corrected chi connectivity index (χ1v) is 6.10. The zero-order chi connectivity index (χ0) is 13.3. The van der Waals surface area contributed by atoms with Crippen LogP contribution in [-0.2, 0) is 5.54 Å². The van der Waals surface area contributed by atoms with Crippen LogP contribution in [0, 0.1) is 12.7 Å². The van der Waals surface area contributed by atoms with Gasteiger partial charge in [-0.05, 0) is 48.7 Å². The number of benzene rings is 2. The molecule has 18 heavy (non-hydrogen) atoms. The molecule has 1 unspecified atom stereocenters. The lowest BCUT2D eigenvalue weighted by atomic mass is 9.85. The molecule has 0 saturated carbocycles. The molecule has 1 atom stereocenters. The van der Waals surface area contributed by atoms with E-state index in [0.29, 0.717) is 5.02 Å². The van der Waals surface area contributed by atoms with Crippen molar-refractivity contribution in [2.24, 2.45) is 5.73 Å². The number of aryl methyl sites for hydroxylation is 1. The van der Waals surface area contributed by atoms with E-state index in [1.165, 1.54) is 12.1 Å². The van der Waals surface area contributed by atoms with Crippen LogP contribution >= 0.6 is 11.6 Å². The summed E-state index contributed by atoms with van der Waals surface area (Å²) < 4.78 is 12.9. The van der Waals surface area contributed by atoms with E-state index < -0.39 is 5.54 Å². The smallest absolute Gasteiger partial charge is 0.123 e. The van der Waals surface area contributed by atoms with E-state index in [2.05, 4.69) is 0 Å². The van der Waals surface area contributed by atoms with E-state index >= 15 is 0 Å². The summed E-state index contributed by atoms with van der Waals surface area (Å²) in [7, 11) is 0. The molecule has 0 aliphatic heterocycles. The fourth-order valence-corrected chi connectivity index (χ4v) is 2.06. The van der Waals surface area contributed by atoms with Gasteiger partial charge in [-0.3, -0.25) is 0 Å². The van der Waals surface area contributed by atoms with Crippen molar-refractivity contribution in [3.05, 3.63) is 70.0 Å². The number of rotatable bonds is 2. The van der Waals surface area contributed by atoms with Gasteiger partial charge in [0, 0.05) is 5.02 Å². The lowest BCUT2D eigenvalue weighted by Gasteiger charge is -2.26. The van der Waals surface area contributed by atoms with E-state index in [4.69, 9.17) is 17.3 Å². The second-order valence-electron chi connectivity index (χ2n) is 4.67. The second-order valence-corrected chi connectivity index (χ2v) is 5.08. The van der Waals surface area contributed by atoms with Crippen LogP contribution in [0.5, 0.6) is 0 Å². The van der Waals surface area contributed by atoms with Gasteiger partial charge in [0.25, 0.3) is 0 Å². The number of hydrogen-bond donors (Lipinski definition) is 1. The molecule has 0 bridgehead atoms.